The van der Waals surface area contributed by atoms with Crippen LogP contribution >= 0.6 is 15.9 Å². The van der Waals surface area contributed by atoms with Gasteiger partial charge in [0.15, 0.2) is 11.6 Å². The normalized spacial score (nSPS) is 10.9. The van der Waals surface area contributed by atoms with Crippen LogP contribution in [0.4, 0.5) is 14.5 Å². The molecule has 2 N–H and O–H groups in total. The van der Waals surface area contributed by atoms with Crippen molar-refractivity contribution in [3.8, 4) is 11.5 Å². The molecule has 2 nitrogen and oxygen atoms in total. The lowest BCUT2D eigenvalue weighted by atomic mass is 10.0. The number of anilines is 1. The molecule has 20 heavy (non-hydrogen) atoms. The van der Waals surface area contributed by atoms with E-state index >= 15 is 0 Å². The lowest BCUT2D eigenvalue weighted by Crippen LogP contribution is -2.00. The van der Waals surface area contributed by atoms with Crippen molar-refractivity contribution in [1.29, 1.82) is 0 Å². The van der Waals surface area contributed by atoms with Crippen LogP contribution in [0.25, 0.3) is 0 Å². The number of hydrogen-bond acceptors (Lipinski definition) is 2. The van der Waals surface area contributed by atoms with Crippen molar-refractivity contribution in [3.05, 3.63) is 52.0 Å². The Balaban J connectivity index is 2.48. The second-order valence-corrected chi connectivity index (χ2v) is 5.63. The van der Waals surface area contributed by atoms with Gasteiger partial charge >= 0.3 is 0 Å². The SMILES string of the molecule is CC(C)c1cc(Br)ccc1Oc1c(N)ccc(F)c1F. The second-order valence-electron chi connectivity index (χ2n) is 4.72. The highest BCUT2D eigenvalue weighted by molar-refractivity contribution is 9.10. The summed E-state index contributed by atoms with van der Waals surface area (Å²) in [6, 6.07) is 7.61. The molecule has 0 unspecified atom stereocenters. The first kappa shape index (κ1) is 14.8. The third-order valence-electron chi connectivity index (χ3n) is 2.89. The maximum absolute atomic E-state index is 13.8. The highest BCUT2D eigenvalue weighted by Crippen LogP contribution is 2.36. The predicted octanol–water partition coefficient (Wildman–Crippen LogP) is 5.23. The summed E-state index contributed by atoms with van der Waals surface area (Å²) in [6.45, 7) is 3.97. The summed E-state index contributed by atoms with van der Waals surface area (Å²) in [5.74, 6) is -1.73. The maximum atomic E-state index is 13.8. The minimum Gasteiger partial charge on any atom is -0.452 e. The van der Waals surface area contributed by atoms with Crippen LogP contribution in [0.3, 0.4) is 0 Å². The molecule has 0 aromatic heterocycles. The van der Waals surface area contributed by atoms with Crippen molar-refractivity contribution in [2.24, 2.45) is 0 Å². The standard InChI is InChI=1S/C15H14BrF2NO/c1-8(2)10-7-9(16)3-6-13(10)20-15-12(19)5-4-11(17)14(15)18/h3-8H,19H2,1-2H3. The van der Waals surface area contributed by atoms with Crippen molar-refractivity contribution in [2.45, 2.75) is 19.8 Å². The van der Waals surface area contributed by atoms with E-state index in [1.165, 1.54) is 6.07 Å². The molecule has 0 spiro atoms. The molecule has 0 aliphatic heterocycles. The lowest BCUT2D eigenvalue weighted by molar-refractivity contribution is 0.414. The summed E-state index contributed by atoms with van der Waals surface area (Å²) in [5.41, 5.74) is 6.59. The first-order valence-corrected chi connectivity index (χ1v) is 6.90. The fraction of sp³-hybridized carbons (Fsp3) is 0.200. The maximum Gasteiger partial charge on any atom is 0.203 e. The zero-order chi connectivity index (χ0) is 14.9. The predicted molar refractivity (Wildman–Crippen MR) is 79.1 cm³/mol. The van der Waals surface area contributed by atoms with Crippen molar-refractivity contribution < 1.29 is 13.5 Å². The first-order valence-electron chi connectivity index (χ1n) is 6.11. The van der Waals surface area contributed by atoms with E-state index in [4.69, 9.17) is 10.5 Å². The molecule has 0 aliphatic carbocycles. The Labute approximate surface area is 124 Å². The minimum absolute atomic E-state index is 0.0570. The van der Waals surface area contributed by atoms with Crippen LogP contribution in [0.15, 0.2) is 34.8 Å². The van der Waals surface area contributed by atoms with Crippen LogP contribution in [0, 0.1) is 11.6 Å². The molecule has 0 aliphatic rings. The van der Waals surface area contributed by atoms with Gasteiger partial charge in [0.1, 0.15) is 5.75 Å². The summed E-state index contributed by atoms with van der Waals surface area (Å²) in [5, 5.41) is 0. The molecule has 0 saturated carbocycles. The molecule has 0 fully saturated rings. The molecule has 0 atom stereocenters. The van der Waals surface area contributed by atoms with Gasteiger partial charge in [0.2, 0.25) is 5.82 Å². The smallest absolute Gasteiger partial charge is 0.203 e. The van der Waals surface area contributed by atoms with E-state index in [2.05, 4.69) is 15.9 Å². The number of nitrogen functional groups attached to an aromatic ring is 1. The van der Waals surface area contributed by atoms with Gasteiger partial charge in [-0.05, 0) is 41.8 Å². The van der Waals surface area contributed by atoms with Crippen LogP contribution in [-0.4, -0.2) is 0 Å². The molecule has 2 aromatic carbocycles. The van der Waals surface area contributed by atoms with Crippen molar-refractivity contribution >= 4 is 21.6 Å². The van der Waals surface area contributed by atoms with Gasteiger partial charge in [-0.3, -0.25) is 0 Å². The van der Waals surface area contributed by atoms with Crippen molar-refractivity contribution in [2.75, 3.05) is 5.73 Å². The van der Waals surface area contributed by atoms with Gasteiger partial charge in [-0.1, -0.05) is 29.8 Å². The highest BCUT2D eigenvalue weighted by atomic mass is 79.9. The van der Waals surface area contributed by atoms with Gasteiger partial charge in [-0.2, -0.15) is 4.39 Å². The number of halogens is 3. The number of benzene rings is 2. The molecule has 106 valence electrons. The molecule has 5 heteroatoms. The van der Waals surface area contributed by atoms with E-state index in [1.807, 2.05) is 19.9 Å². The average Bonchev–Trinajstić information content (AvgIpc) is 2.40. The molecule has 0 amide bonds. The van der Waals surface area contributed by atoms with Crippen LogP contribution in [0.2, 0.25) is 0 Å². The Hall–Kier alpha value is -1.62. The average molecular weight is 342 g/mol. The number of rotatable bonds is 3. The molecule has 2 rings (SSSR count). The Morgan fingerprint density at radius 2 is 1.85 bits per heavy atom. The van der Waals surface area contributed by atoms with E-state index < -0.39 is 11.6 Å². The Morgan fingerprint density at radius 1 is 1.15 bits per heavy atom. The van der Waals surface area contributed by atoms with E-state index in [0.29, 0.717) is 5.75 Å². The quantitative estimate of drug-likeness (QED) is 0.776. The van der Waals surface area contributed by atoms with Gasteiger partial charge in [-0.25, -0.2) is 4.39 Å². The van der Waals surface area contributed by atoms with Gasteiger partial charge in [0.05, 0.1) is 5.69 Å². The van der Waals surface area contributed by atoms with Gasteiger partial charge in [-0.15, -0.1) is 0 Å². The Kier molecular flexibility index (Phi) is 4.28. The van der Waals surface area contributed by atoms with Gasteiger partial charge in [0.25, 0.3) is 0 Å². The fourth-order valence-corrected chi connectivity index (χ4v) is 2.20. The molecule has 0 heterocycles. The summed E-state index contributed by atoms with van der Waals surface area (Å²) in [4.78, 5) is 0. The molecule has 0 bridgehead atoms. The van der Waals surface area contributed by atoms with E-state index in [0.717, 1.165) is 16.1 Å². The monoisotopic (exact) mass is 341 g/mol. The summed E-state index contributed by atoms with van der Waals surface area (Å²) >= 11 is 3.38. The Bertz CT molecular complexity index is 644. The highest BCUT2D eigenvalue weighted by Gasteiger charge is 2.17. The zero-order valence-electron chi connectivity index (χ0n) is 11.1. The minimum atomic E-state index is -1.08. The van der Waals surface area contributed by atoms with E-state index in [-0.39, 0.29) is 17.4 Å². The molecule has 0 radical (unpaired) electrons. The summed E-state index contributed by atoms with van der Waals surface area (Å²) in [7, 11) is 0. The van der Waals surface area contributed by atoms with Gasteiger partial charge < -0.3 is 10.5 Å². The molecular weight excluding hydrogens is 328 g/mol. The van der Waals surface area contributed by atoms with Crippen LogP contribution in [0.1, 0.15) is 25.3 Å². The third-order valence-corrected chi connectivity index (χ3v) is 3.38. The van der Waals surface area contributed by atoms with Crippen molar-refractivity contribution in [1.82, 2.24) is 0 Å². The van der Waals surface area contributed by atoms with E-state index in [1.54, 1.807) is 12.1 Å². The Morgan fingerprint density at radius 3 is 2.50 bits per heavy atom. The van der Waals surface area contributed by atoms with Gasteiger partial charge in [0, 0.05) is 4.47 Å². The van der Waals surface area contributed by atoms with Crippen LogP contribution in [-0.2, 0) is 0 Å². The summed E-state index contributed by atoms with van der Waals surface area (Å²) < 4.78 is 33.4. The largest absolute Gasteiger partial charge is 0.452 e. The third kappa shape index (κ3) is 2.93. The van der Waals surface area contributed by atoms with E-state index in [9.17, 15) is 8.78 Å². The second kappa shape index (κ2) is 5.79. The number of ether oxygens (including phenoxy) is 1. The first-order chi connectivity index (χ1) is 9.40. The van der Waals surface area contributed by atoms with Crippen molar-refractivity contribution in [3.63, 3.8) is 0 Å². The fourth-order valence-electron chi connectivity index (χ4n) is 1.82. The van der Waals surface area contributed by atoms with Crippen LogP contribution in [0.5, 0.6) is 11.5 Å². The van der Waals surface area contributed by atoms with Crippen LogP contribution < -0.4 is 10.5 Å². The number of nitrogens with two attached hydrogens (primary N) is 1. The molecule has 2 aromatic rings. The molecule has 0 saturated heterocycles. The number of hydrogen-bond donors (Lipinski definition) is 1. The lowest BCUT2D eigenvalue weighted by Gasteiger charge is -2.16. The molecular formula is C15H14BrF2NO. The summed E-state index contributed by atoms with van der Waals surface area (Å²) in [6.07, 6.45) is 0. The topological polar surface area (TPSA) is 35.2 Å². The zero-order valence-corrected chi connectivity index (χ0v) is 12.7.